The standard InChI is InChI=1S/C28H25N3O2S/c29-18-22-16-23(30-28(32)27-17-21-8-4-5-9-26(21)34-27)10-11-25(22)33-24-12-14-31(15-13-24)19-20-6-2-1-3-7-20/h1-11,16-17,24H,12-15,19H2,(H,30,32). The second kappa shape index (κ2) is 10.1. The Morgan fingerprint density at radius 2 is 1.79 bits per heavy atom. The highest BCUT2D eigenvalue weighted by atomic mass is 32.1. The number of amides is 1. The maximum absolute atomic E-state index is 12.7. The molecule has 1 aliphatic heterocycles. The fourth-order valence-electron chi connectivity index (χ4n) is 4.29. The van der Waals surface area contributed by atoms with Crippen LogP contribution in [0.2, 0.25) is 0 Å². The van der Waals surface area contributed by atoms with Crippen LogP contribution in [0.4, 0.5) is 5.69 Å². The number of piperidine rings is 1. The molecule has 1 amide bonds. The molecule has 2 heterocycles. The highest BCUT2D eigenvalue weighted by Crippen LogP contribution is 2.28. The monoisotopic (exact) mass is 467 g/mol. The first-order chi connectivity index (χ1) is 16.7. The van der Waals surface area contributed by atoms with Crippen molar-refractivity contribution in [2.45, 2.75) is 25.5 Å². The molecule has 1 saturated heterocycles. The van der Waals surface area contributed by atoms with Gasteiger partial charge in [0.2, 0.25) is 0 Å². The number of benzene rings is 3. The molecule has 0 bridgehead atoms. The molecule has 34 heavy (non-hydrogen) atoms. The Bertz CT molecular complexity index is 1300. The minimum Gasteiger partial charge on any atom is -0.489 e. The van der Waals surface area contributed by atoms with E-state index in [1.54, 1.807) is 18.2 Å². The molecular weight excluding hydrogens is 442 g/mol. The minimum absolute atomic E-state index is 0.0816. The lowest BCUT2D eigenvalue weighted by Crippen LogP contribution is -2.37. The Morgan fingerprint density at radius 3 is 2.56 bits per heavy atom. The van der Waals surface area contributed by atoms with Gasteiger partial charge in [0, 0.05) is 30.0 Å². The van der Waals surface area contributed by atoms with Gasteiger partial charge in [0.15, 0.2) is 0 Å². The number of rotatable bonds is 6. The van der Waals surface area contributed by atoms with Gasteiger partial charge in [-0.2, -0.15) is 5.26 Å². The molecule has 1 aromatic heterocycles. The highest BCUT2D eigenvalue weighted by Gasteiger charge is 2.22. The van der Waals surface area contributed by atoms with Gasteiger partial charge in [-0.1, -0.05) is 48.5 Å². The number of nitriles is 1. The summed E-state index contributed by atoms with van der Waals surface area (Å²) in [6.45, 7) is 2.88. The molecule has 0 saturated carbocycles. The van der Waals surface area contributed by atoms with Crippen LogP contribution >= 0.6 is 11.3 Å². The molecule has 6 heteroatoms. The van der Waals surface area contributed by atoms with Gasteiger partial charge < -0.3 is 10.1 Å². The highest BCUT2D eigenvalue weighted by molar-refractivity contribution is 7.20. The van der Waals surface area contributed by atoms with Gasteiger partial charge in [0.1, 0.15) is 17.9 Å². The number of likely N-dealkylation sites (tertiary alicyclic amines) is 1. The fourth-order valence-corrected chi connectivity index (χ4v) is 5.25. The normalized spacial score (nSPS) is 14.6. The van der Waals surface area contributed by atoms with E-state index in [1.807, 2.05) is 36.4 Å². The zero-order valence-electron chi connectivity index (χ0n) is 18.7. The smallest absolute Gasteiger partial charge is 0.265 e. The summed E-state index contributed by atoms with van der Waals surface area (Å²) in [4.78, 5) is 15.8. The van der Waals surface area contributed by atoms with Crippen molar-refractivity contribution in [3.63, 3.8) is 0 Å². The Kier molecular flexibility index (Phi) is 6.57. The summed E-state index contributed by atoms with van der Waals surface area (Å²) >= 11 is 1.46. The van der Waals surface area contributed by atoms with E-state index in [2.05, 4.69) is 40.6 Å². The third-order valence-corrected chi connectivity index (χ3v) is 7.20. The third-order valence-electron chi connectivity index (χ3n) is 6.08. The molecule has 0 atom stereocenters. The predicted molar refractivity (Wildman–Crippen MR) is 136 cm³/mol. The van der Waals surface area contributed by atoms with Crippen molar-refractivity contribution in [3.05, 3.63) is 94.9 Å². The maximum Gasteiger partial charge on any atom is 0.265 e. The lowest BCUT2D eigenvalue weighted by molar-refractivity contribution is 0.0965. The predicted octanol–water partition coefficient (Wildman–Crippen LogP) is 6.07. The summed E-state index contributed by atoms with van der Waals surface area (Å²) in [5.74, 6) is 0.397. The van der Waals surface area contributed by atoms with E-state index in [-0.39, 0.29) is 12.0 Å². The van der Waals surface area contributed by atoms with E-state index >= 15 is 0 Å². The van der Waals surface area contributed by atoms with Crippen molar-refractivity contribution >= 4 is 33.0 Å². The summed E-state index contributed by atoms with van der Waals surface area (Å²) < 4.78 is 7.27. The summed E-state index contributed by atoms with van der Waals surface area (Å²) in [6, 6.07) is 27.8. The molecule has 170 valence electrons. The Labute approximate surface area is 203 Å². The molecule has 5 nitrogen and oxygen atoms in total. The van der Waals surface area contributed by atoms with Crippen LogP contribution in [-0.2, 0) is 6.54 Å². The van der Waals surface area contributed by atoms with Gasteiger partial charge in [0.25, 0.3) is 5.91 Å². The Balaban J connectivity index is 1.19. The van der Waals surface area contributed by atoms with E-state index in [1.165, 1.54) is 16.9 Å². The number of carbonyl (C=O) groups is 1. The lowest BCUT2D eigenvalue weighted by atomic mass is 10.1. The first kappa shape index (κ1) is 22.1. The first-order valence-corrected chi connectivity index (χ1v) is 12.3. The van der Waals surface area contributed by atoms with Gasteiger partial charge in [-0.05, 0) is 54.1 Å². The van der Waals surface area contributed by atoms with Gasteiger partial charge in [-0.3, -0.25) is 9.69 Å². The zero-order chi connectivity index (χ0) is 23.3. The molecule has 0 radical (unpaired) electrons. The van der Waals surface area contributed by atoms with Crippen molar-refractivity contribution in [1.82, 2.24) is 4.90 Å². The summed E-state index contributed by atoms with van der Waals surface area (Å²) in [5.41, 5.74) is 2.34. The zero-order valence-corrected chi connectivity index (χ0v) is 19.6. The topological polar surface area (TPSA) is 65.4 Å². The Hall–Kier alpha value is -3.66. The van der Waals surface area contributed by atoms with Crippen LogP contribution in [0.25, 0.3) is 10.1 Å². The number of anilines is 1. The lowest BCUT2D eigenvalue weighted by Gasteiger charge is -2.32. The van der Waals surface area contributed by atoms with E-state index in [9.17, 15) is 10.1 Å². The quantitative estimate of drug-likeness (QED) is 0.374. The molecule has 0 spiro atoms. The number of carbonyl (C=O) groups excluding carboxylic acids is 1. The molecule has 0 unspecified atom stereocenters. The van der Waals surface area contributed by atoms with Crippen LogP contribution in [0.1, 0.15) is 33.6 Å². The van der Waals surface area contributed by atoms with Crippen LogP contribution in [0, 0.1) is 11.3 Å². The van der Waals surface area contributed by atoms with Crippen LogP contribution in [0.3, 0.4) is 0 Å². The molecule has 0 aliphatic carbocycles. The van der Waals surface area contributed by atoms with Crippen LogP contribution in [-0.4, -0.2) is 30.0 Å². The van der Waals surface area contributed by atoms with Crippen molar-refractivity contribution < 1.29 is 9.53 Å². The van der Waals surface area contributed by atoms with Crippen molar-refractivity contribution in [3.8, 4) is 11.8 Å². The molecule has 4 aromatic rings. The van der Waals surface area contributed by atoms with Crippen molar-refractivity contribution in [2.24, 2.45) is 0 Å². The van der Waals surface area contributed by atoms with Crippen LogP contribution in [0.5, 0.6) is 5.75 Å². The van der Waals surface area contributed by atoms with E-state index < -0.39 is 0 Å². The number of hydrogen-bond acceptors (Lipinski definition) is 5. The molecule has 5 rings (SSSR count). The summed E-state index contributed by atoms with van der Waals surface area (Å²) in [6.07, 6.45) is 1.92. The van der Waals surface area contributed by atoms with Gasteiger partial charge >= 0.3 is 0 Å². The van der Waals surface area contributed by atoms with Crippen molar-refractivity contribution in [2.75, 3.05) is 18.4 Å². The SMILES string of the molecule is N#Cc1cc(NC(=O)c2cc3ccccc3s2)ccc1OC1CCN(Cc2ccccc2)CC1. The summed E-state index contributed by atoms with van der Waals surface area (Å²) in [5, 5.41) is 13.6. The molecule has 1 aliphatic rings. The number of hydrogen-bond donors (Lipinski definition) is 1. The number of ether oxygens (including phenoxy) is 1. The van der Waals surface area contributed by atoms with E-state index in [4.69, 9.17) is 4.74 Å². The van der Waals surface area contributed by atoms with Crippen molar-refractivity contribution in [1.29, 1.82) is 5.26 Å². The van der Waals surface area contributed by atoms with Gasteiger partial charge in [0.05, 0.1) is 10.4 Å². The Morgan fingerprint density at radius 1 is 1.03 bits per heavy atom. The average molecular weight is 468 g/mol. The fraction of sp³-hybridized carbons (Fsp3) is 0.214. The summed E-state index contributed by atoms with van der Waals surface area (Å²) in [7, 11) is 0. The molecule has 1 fully saturated rings. The number of fused-ring (bicyclic) bond motifs is 1. The van der Waals surface area contributed by atoms with Gasteiger partial charge in [-0.25, -0.2) is 0 Å². The second-order valence-electron chi connectivity index (χ2n) is 8.50. The number of nitrogens with zero attached hydrogens (tertiary/aromatic N) is 2. The minimum atomic E-state index is -0.176. The maximum atomic E-state index is 12.7. The third kappa shape index (κ3) is 5.12. The largest absolute Gasteiger partial charge is 0.489 e. The first-order valence-electron chi connectivity index (χ1n) is 11.4. The van der Waals surface area contributed by atoms with Gasteiger partial charge in [-0.15, -0.1) is 11.3 Å². The second-order valence-corrected chi connectivity index (χ2v) is 9.59. The van der Waals surface area contributed by atoms with Crippen LogP contribution < -0.4 is 10.1 Å². The molecular formula is C28H25N3O2S. The molecule has 3 aromatic carbocycles. The molecule has 1 N–H and O–H groups in total. The number of thiophene rings is 1. The van der Waals surface area contributed by atoms with E-state index in [0.717, 1.165) is 42.6 Å². The average Bonchev–Trinajstić information content (AvgIpc) is 3.31. The number of nitrogens with one attached hydrogen (secondary N) is 1. The van der Waals surface area contributed by atoms with E-state index in [0.29, 0.717) is 21.9 Å². The van der Waals surface area contributed by atoms with Crippen LogP contribution in [0.15, 0.2) is 78.9 Å².